The van der Waals surface area contributed by atoms with Crippen LogP contribution in [0, 0.1) is 11.8 Å². The molecular weight excluding hydrogens is 361 g/mol. The van der Waals surface area contributed by atoms with Gasteiger partial charge in [-0.15, -0.1) is 15.3 Å². The Morgan fingerprint density at radius 1 is 0.889 bits per heavy atom. The number of halogens is 3. The van der Waals surface area contributed by atoms with Crippen molar-refractivity contribution in [3.05, 3.63) is 36.5 Å². The molecule has 3 aromatic rings. The van der Waals surface area contributed by atoms with Gasteiger partial charge >= 0.3 is 6.18 Å². The van der Waals surface area contributed by atoms with Crippen molar-refractivity contribution in [1.29, 1.82) is 0 Å². The van der Waals surface area contributed by atoms with Gasteiger partial charge in [0.25, 0.3) is 5.82 Å². The van der Waals surface area contributed by atoms with Crippen molar-refractivity contribution in [3.8, 4) is 0 Å². The second kappa shape index (κ2) is 5.76. The van der Waals surface area contributed by atoms with Gasteiger partial charge in [0.05, 0.1) is 6.20 Å². The summed E-state index contributed by atoms with van der Waals surface area (Å²) in [7, 11) is 0. The van der Waals surface area contributed by atoms with E-state index in [4.69, 9.17) is 0 Å². The second-order valence-electron chi connectivity index (χ2n) is 6.88. The average Bonchev–Trinajstić information content (AvgIpc) is 3.33. The topological polar surface area (TPSA) is 75.3 Å². The summed E-state index contributed by atoms with van der Waals surface area (Å²) >= 11 is 0. The number of nitrogens with zero attached hydrogens (tertiary/aromatic N) is 8. The third-order valence-corrected chi connectivity index (χ3v) is 5.19. The van der Waals surface area contributed by atoms with Crippen molar-refractivity contribution in [1.82, 2.24) is 29.8 Å². The largest absolute Gasteiger partial charge is 0.453 e. The van der Waals surface area contributed by atoms with Crippen molar-refractivity contribution >= 4 is 17.3 Å². The smallest absolute Gasteiger partial charge is 0.355 e. The summed E-state index contributed by atoms with van der Waals surface area (Å²) in [5.41, 5.74) is 0.0827. The fourth-order valence-electron chi connectivity index (χ4n) is 3.95. The van der Waals surface area contributed by atoms with Gasteiger partial charge in [-0.05, 0) is 12.1 Å². The van der Waals surface area contributed by atoms with Gasteiger partial charge in [0, 0.05) is 50.4 Å². The highest BCUT2D eigenvalue weighted by Crippen LogP contribution is 2.35. The molecule has 140 valence electrons. The number of anilines is 2. The molecule has 0 amide bonds. The second-order valence-corrected chi connectivity index (χ2v) is 6.88. The Morgan fingerprint density at radius 3 is 2.22 bits per heavy atom. The molecule has 3 aromatic heterocycles. The summed E-state index contributed by atoms with van der Waals surface area (Å²) in [5, 5.41) is 10.9. The number of hydrogen-bond acceptors (Lipinski definition) is 7. The first-order valence-corrected chi connectivity index (χ1v) is 8.54. The summed E-state index contributed by atoms with van der Waals surface area (Å²) in [6, 6.07) is 3.22. The number of aromatic nitrogens is 6. The lowest BCUT2D eigenvalue weighted by molar-refractivity contribution is -0.146. The fourth-order valence-corrected chi connectivity index (χ4v) is 3.95. The van der Waals surface area contributed by atoms with Crippen molar-refractivity contribution in [2.24, 2.45) is 11.8 Å². The molecule has 2 saturated heterocycles. The van der Waals surface area contributed by atoms with Crippen LogP contribution in [-0.4, -0.2) is 56.0 Å². The Kier molecular flexibility index (Phi) is 3.46. The van der Waals surface area contributed by atoms with Gasteiger partial charge in [-0.2, -0.15) is 17.7 Å². The monoisotopic (exact) mass is 376 g/mol. The molecule has 2 aliphatic heterocycles. The molecule has 5 heterocycles. The number of rotatable bonds is 2. The van der Waals surface area contributed by atoms with E-state index >= 15 is 0 Å². The van der Waals surface area contributed by atoms with E-state index in [1.165, 1.54) is 6.07 Å². The molecule has 0 bridgehead atoms. The molecular formula is C16H15F3N8. The average molecular weight is 376 g/mol. The zero-order valence-corrected chi connectivity index (χ0v) is 14.1. The third-order valence-electron chi connectivity index (χ3n) is 5.19. The molecule has 0 saturated carbocycles. The molecule has 0 radical (unpaired) electrons. The molecule has 11 heteroatoms. The highest BCUT2D eigenvalue weighted by molar-refractivity contribution is 5.48. The fraction of sp³-hybridized carbons (Fsp3) is 0.438. The maximum atomic E-state index is 13.1. The Bertz CT molecular complexity index is 959. The van der Waals surface area contributed by atoms with Crippen molar-refractivity contribution in [2.75, 3.05) is 36.0 Å². The van der Waals surface area contributed by atoms with Gasteiger partial charge in [-0.3, -0.25) is 4.98 Å². The summed E-state index contributed by atoms with van der Waals surface area (Å²) < 4.78 is 39.9. The molecule has 2 atom stereocenters. The lowest BCUT2D eigenvalue weighted by Crippen LogP contribution is -2.30. The van der Waals surface area contributed by atoms with E-state index in [0.717, 1.165) is 36.5 Å². The Labute approximate surface area is 151 Å². The number of fused-ring (bicyclic) bond motifs is 2. The van der Waals surface area contributed by atoms with E-state index in [-0.39, 0.29) is 5.65 Å². The number of hydrogen-bond donors (Lipinski definition) is 0. The van der Waals surface area contributed by atoms with Gasteiger partial charge in [-0.25, -0.2) is 4.98 Å². The van der Waals surface area contributed by atoms with E-state index in [1.807, 2.05) is 4.90 Å². The maximum Gasteiger partial charge on any atom is 0.453 e. The van der Waals surface area contributed by atoms with Crippen LogP contribution < -0.4 is 9.80 Å². The molecule has 27 heavy (non-hydrogen) atoms. The molecule has 8 nitrogen and oxygen atoms in total. The predicted octanol–water partition coefficient (Wildman–Crippen LogP) is 1.51. The van der Waals surface area contributed by atoms with Crippen molar-refractivity contribution in [3.63, 3.8) is 0 Å². The minimum atomic E-state index is -4.59. The lowest BCUT2D eigenvalue weighted by atomic mass is 10.0. The minimum absolute atomic E-state index is 0.0827. The SMILES string of the molecule is FC(F)(F)c1nnc2ccc(N3CC4CN(c5cnccn5)CC4C3)nn12. The van der Waals surface area contributed by atoms with Crippen LogP contribution in [0.3, 0.4) is 0 Å². The zero-order chi connectivity index (χ0) is 18.6. The van der Waals surface area contributed by atoms with Crippen LogP contribution in [0.5, 0.6) is 0 Å². The number of alkyl halides is 3. The summed E-state index contributed by atoms with van der Waals surface area (Å²) in [6.45, 7) is 3.18. The first kappa shape index (κ1) is 16.2. The molecule has 0 N–H and O–H groups in total. The molecule has 5 rings (SSSR count). The molecule has 0 aliphatic carbocycles. The van der Waals surface area contributed by atoms with Crippen LogP contribution in [0.25, 0.3) is 5.65 Å². The highest BCUT2D eigenvalue weighted by Gasteiger charge is 2.42. The zero-order valence-electron chi connectivity index (χ0n) is 14.1. The van der Waals surface area contributed by atoms with Crippen LogP contribution in [0.2, 0.25) is 0 Å². The maximum absolute atomic E-state index is 13.1. The molecule has 0 aromatic carbocycles. The first-order valence-electron chi connectivity index (χ1n) is 8.54. The normalized spacial score (nSPS) is 22.6. The van der Waals surface area contributed by atoms with Gasteiger partial charge in [0.15, 0.2) is 5.65 Å². The Hall–Kier alpha value is -2.98. The summed E-state index contributed by atoms with van der Waals surface area (Å²) in [4.78, 5) is 12.7. The lowest BCUT2D eigenvalue weighted by Gasteiger charge is -2.22. The van der Waals surface area contributed by atoms with E-state index in [2.05, 4.69) is 30.2 Å². The van der Waals surface area contributed by atoms with Crippen LogP contribution >= 0.6 is 0 Å². The van der Waals surface area contributed by atoms with Crippen LogP contribution in [0.1, 0.15) is 5.82 Å². The van der Waals surface area contributed by atoms with Crippen molar-refractivity contribution < 1.29 is 13.2 Å². The van der Waals surface area contributed by atoms with E-state index in [1.54, 1.807) is 24.7 Å². The van der Waals surface area contributed by atoms with Gasteiger partial charge in [0.2, 0.25) is 0 Å². The van der Waals surface area contributed by atoms with Gasteiger partial charge < -0.3 is 9.80 Å². The summed E-state index contributed by atoms with van der Waals surface area (Å²) in [5.74, 6) is 1.08. The quantitative estimate of drug-likeness (QED) is 0.671. The van der Waals surface area contributed by atoms with Gasteiger partial charge in [-0.1, -0.05) is 0 Å². The Balaban J connectivity index is 1.36. The standard InChI is InChI=1S/C16H15F3N8/c17-16(18,19)15-23-22-12-1-2-13(24-27(12)15)25-6-10-8-26(9-11(10)7-25)14-5-20-3-4-21-14/h1-5,10-11H,6-9H2. The molecule has 2 fully saturated rings. The van der Waals surface area contributed by atoms with Gasteiger partial charge in [0.1, 0.15) is 11.6 Å². The first-order chi connectivity index (χ1) is 13.0. The van der Waals surface area contributed by atoms with E-state index in [9.17, 15) is 13.2 Å². The van der Waals surface area contributed by atoms with Crippen LogP contribution in [0.4, 0.5) is 24.8 Å². The molecule has 0 spiro atoms. The predicted molar refractivity (Wildman–Crippen MR) is 89.2 cm³/mol. The minimum Gasteiger partial charge on any atom is -0.355 e. The molecule has 2 unspecified atom stereocenters. The summed E-state index contributed by atoms with van der Waals surface area (Å²) in [6.07, 6.45) is 0.471. The van der Waals surface area contributed by atoms with Crippen LogP contribution in [0.15, 0.2) is 30.7 Å². The van der Waals surface area contributed by atoms with E-state index in [0.29, 0.717) is 17.7 Å². The van der Waals surface area contributed by atoms with Crippen molar-refractivity contribution in [2.45, 2.75) is 6.18 Å². The highest BCUT2D eigenvalue weighted by atomic mass is 19.4. The van der Waals surface area contributed by atoms with E-state index < -0.39 is 12.0 Å². The van der Waals surface area contributed by atoms with Crippen LogP contribution in [-0.2, 0) is 6.18 Å². The molecule has 2 aliphatic rings. The third kappa shape index (κ3) is 2.73. The Morgan fingerprint density at radius 2 is 1.59 bits per heavy atom.